The number of ketones is 1. The zero-order valence-electron chi connectivity index (χ0n) is 24.2. The average Bonchev–Trinajstić information content (AvgIpc) is 3.42. The summed E-state index contributed by atoms with van der Waals surface area (Å²) in [5.41, 5.74) is -0.334. The minimum absolute atomic E-state index is 0.0491. The fourth-order valence-electron chi connectivity index (χ4n) is 6.44. The molecule has 46 heavy (non-hydrogen) atoms. The van der Waals surface area contributed by atoms with Crippen molar-refractivity contribution in [1.29, 1.82) is 0 Å². The molecule has 5 unspecified atom stereocenters. The molecule has 4 aliphatic rings. The molecule has 2 aromatic rings. The normalized spacial score (nSPS) is 27.5. The Kier molecular flexibility index (Phi) is 8.36. The molecule has 0 aromatic heterocycles. The molecule has 242 valence electrons. The number of aliphatic hydroxyl groups excluding tert-OH is 1. The molecule has 0 aliphatic carbocycles. The van der Waals surface area contributed by atoms with Gasteiger partial charge in [0.05, 0.1) is 41.9 Å². The number of aliphatic hydroxyl groups is 1. The van der Waals surface area contributed by atoms with Crippen LogP contribution < -0.4 is 20.0 Å². The highest BCUT2D eigenvalue weighted by molar-refractivity contribution is 6.18. The Hall–Kier alpha value is -4.65. The first-order valence-corrected chi connectivity index (χ1v) is 14.5. The van der Waals surface area contributed by atoms with Gasteiger partial charge in [-0.25, -0.2) is 27.2 Å². The summed E-state index contributed by atoms with van der Waals surface area (Å²) in [6, 6.07) is 6.98. The van der Waals surface area contributed by atoms with E-state index in [0.717, 1.165) is 18.3 Å². The van der Waals surface area contributed by atoms with Crippen molar-refractivity contribution in [2.75, 3.05) is 47.4 Å². The van der Waals surface area contributed by atoms with Crippen LogP contribution in [-0.4, -0.2) is 96.4 Å². The maximum Gasteiger partial charge on any atom is 0.414 e. The number of terminal acetylenes is 1. The predicted octanol–water partition coefficient (Wildman–Crippen LogP) is 2.20. The van der Waals surface area contributed by atoms with E-state index in [1.54, 1.807) is 15.9 Å². The summed E-state index contributed by atoms with van der Waals surface area (Å²) < 4.78 is 64.5. The number of rotatable bonds is 6. The Morgan fingerprint density at radius 1 is 1.02 bits per heavy atom. The highest BCUT2D eigenvalue weighted by atomic mass is 19.1. The molecule has 0 radical (unpaired) electrons. The predicted molar refractivity (Wildman–Crippen MR) is 156 cm³/mol. The summed E-state index contributed by atoms with van der Waals surface area (Å²) in [5.74, 6) is -3.83. The summed E-state index contributed by atoms with van der Waals surface area (Å²) in [6.45, 7) is 1.07. The molecule has 11 nitrogen and oxygen atoms in total. The number of aliphatic carboxylic acids is 1. The molecular formula is C31H29F4N5O6. The number of piperazine rings is 1. The summed E-state index contributed by atoms with van der Waals surface area (Å²) >= 11 is 0. The summed E-state index contributed by atoms with van der Waals surface area (Å²) in [7, 11) is 0. The maximum absolute atomic E-state index is 15.7. The average molecular weight is 644 g/mol. The first-order valence-electron chi connectivity index (χ1n) is 14.5. The van der Waals surface area contributed by atoms with Crippen molar-refractivity contribution in [1.82, 2.24) is 10.2 Å². The minimum Gasteiger partial charge on any atom is -0.478 e. The van der Waals surface area contributed by atoms with Crippen LogP contribution in [0.1, 0.15) is 6.42 Å². The first kappa shape index (κ1) is 31.3. The number of carbonyl (C=O) groups is 3. The molecule has 15 heteroatoms. The number of carboxylic acids is 1. The van der Waals surface area contributed by atoms with Crippen LogP contribution in [0.2, 0.25) is 0 Å². The SMILES string of the molecule is C#CC(O)[C@H]1CN(c2ccc(N3CCN(C4NC5C(CC4F)C(=O)C(C(=O)O)=CN5c4ccc(F)cc4F)CC3)c(F)c2)C(=O)O1. The lowest BCUT2D eigenvalue weighted by molar-refractivity contribution is -0.136. The van der Waals surface area contributed by atoms with Crippen molar-refractivity contribution >= 4 is 34.9 Å². The van der Waals surface area contributed by atoms with Crippen LogP contribution in [0.15, 0.2) is 48.2 Å². The van der Waals surface area contributed by atoms with Gasteiger partial charge in [0.2, 0.25) is 0 Å². The standard InChI is InChI=1S/C31H29F4N5O6/c1-2-25(41)26-15-39(31(45)46-26)17-4-6-23(21(34)12-17)37-7-9-38(10-8-37)29-22(35)13-18-27(42)19(30(43)44)14-40(28(18)36-29)24-5-3-16(32)11-20(24)33/h1,3-6,11-12,14,18,22,25-26,28-29,36,41H,7-10,13,15H2,(H,43,44)/t18?,22?,25?,26-,28?,29?/m1/s1. The molecule has 0 saturated carbocycles. The Labute approximate surface area is 260 Å². The van der Waals surface area contributed by atoms with Gasteiger partial charge in [-0.1, -0.05) is 5.92 Å². The van der Waals surface area contributed by atoms with Gasteiger partial charge in [-0.2, -0.15) is 0 Å². The molecule has 3 fully saturated rings. The fraction of sp³-hybridized carbons (Fsp3) is 0.387. The second-order valence-electron chi connectivity index (χ2n) is 11.4. The van der Waals surface area contributed by atoms with Crippen LogP contribution in [0.5, 0.6) is 0 Å². The van der Waals surface area contributed by atoms with Gasteiger partial charge in [0.15, 0.2) is 18.0 Å². The monoisotopic (exact) mass is 643 g/mol. The molecule has 1 amide bonds. The first-order chi connectivity index (χ1) is 22.0. The number of nitrogens with one attached hydrogen (secondary N) is 1. The molecule has 0 spiro atoms. The van der Waals surface area contributed by atoms with Crippen LogP contribution in [-0.2, 0) is 14.3 Å². The number of cyclic esters (lactones) is 1. The van der Waals surface area contributed by atoms with Crippen LogP contribution in [0.4, 0.5) is 39.4 Å². The molecule has 3 N–H and O–H groups in total. The number of carboxylic acid groups (broad SMARTS) is 1. The number of hydrogen-bond donors (Lipinski definition) is 3. The van der Waals surface area contributed by atoms with Crippen LogP contribution in [0.3, 0.4) is 0 Å². The topological polar surface area (TPSA) is 126 Å². The fourth-order valence-corrected chi connectivity index (χ4v) is 6.44. The third-order valence-electron chi connectivity index (χ3n) is 8.78. The van der Waals surface area contributed by atoms with E-state index in [0.29, 0.717) is 6.07 Å². The zero-order valence-corrected chi connectivity index (χ0v) is 24.2. The minimum atomic E-state index is -1.60. The van der Waals surface area contributed by atoms with Crippen LogP contribution >= 0.6 is 0 Å². The number of ether oxygens (including phenoxy) is 1. The van der Waals surface area contributed by atoms with Gasteiger partial charge in [-0.3, -0.25) is 19.9 Å². The third kappa shape index (κ3) is 5.63. The second-order valence-corrected chi connectivity index (χ2v) is 11.4. The molecule has 6 atom stereocenters. The van der Waals surface area contributed by atoms with Gasteiger partial charge in [-0.15, -0.1) is 6.42 Å². The van der Waals surface area contributed by atoms with Crippen molar-refractivity contribution in [3.63, 3.8) is 0 Å². The van der Waals surface area contributed by atoms with Gasteiger partial charge in [0.25, 0.3) is 0 Å². The Bertz CT molecular complexity index is 1640. The second kappa shape index (κ2) is 12.3. The van der Waals surface area contributed by atoms with E-state index in [2.05, 4.69) is 11.2 Å². The smallest absolute Gasteiger partial charge is 0.414 e. The Balaban J connectivity index is 1.16. The zero-order chi connectivity index (χ0) is 32.9. The van der Waals surface area contributed by atoms with E-state index in [-0.39, 0.29) is 56.2 Å². The van der Waals surface area contributed by atoms with E-state index in [9.17, 15) is 33.4 Å². The number of piperidine rings is 1. The van der Waals surface area contributed by atoms with Crippen molar-refractivity contribution < 1.29 is 46.9 Å². The molecule has 0 bridgehead atoms. The Morgan fingerprint density at radius 3 is 2.37 bits per heavy atom. The lowest BCUT2D eigenvalue weighted by Crippen LogP contribution is -2.69. The van der Waals surface area contributed by atoms with Gasteiger partial charge >= 0.3 is 12.1 Å². The number of nitrogens with zero attached hydrogens (tertiary/aromatic N) is 4. The maximum atomic E-state index is 15.7. The highest BCUT2D eigenvalue weighted by Crippen LogP contribution is 2.37. The van der Waals surface area contributed by atoms with Crippen molar-refractivity contribution in [2.24, 2.45) is 5.92 Å². The number of fused-ring (bicyclic) bond motifs is 1. The van der Waals surface area contributed by atoms with Gasteiger partial charge in [-0.05, 0) is 36.8 Å². The van der Waals surface area contributed by atoms with Crippen molar-refractivity contribution in [3.05, 3.63) is 65.6 Å². The number of anilines is 3. The number of benzene rings is 2. The van der Waals surface area contributed by atoms with E-state index >= 15 is 8.78 Å². The third-order valence-corrected chi connectivity index (χ3v) is 8.78. The summed E-state index contributed by atoms with van der Waals surface area (Å²) in [6.07, 6.45) is -0.727. The number of hydrogen-bond acceptors (Lipinski definition) is 9. The molecule has 4 aliphatic heterocycles. The molecule has 6 rings (SSSR count). The Morgan fingerprint density at radius 2 is 1.72 bits per heavy atom. The number of halogens is 4. The van der Waals surface area contributed by atoms with E-state index in [4.69, 9.17) is 11.2 Å². The molecular weight excluding hydrogens is 614 g/mol. The van der Waals surface area contributed by atoms with E-state index in [1.807, 2.05) is 0 Å². The number of Topliss-reactive ketones (excluding diaryl/α,β-unsaturated/α-hetero) is 1. The number of carbonyl (C=O) groups excluding carboxylic acids is 2. The lowest BCUT2D eigenvalue weighted by atomic mass is 9.82. The van der Waals surface area contributed by atoms with Gasteiger partial charge in [0.1, 0.15) is 29.2 Å². The van der Waals surface area contributed by atoms with Gasteiger partial charge in [0, 0.05) is 38.4 Å². The van der Waals surface area contributed by atoms with E-state index < -0.39 is 77.5 Å². The summed E-state index contributed by atoms with van der Waals surface area (Å²) in [4.78, 5) is 43.0. The van der Waals surface area contributed by atoms with E-state index in [1.165, 1.54) is 21.9 Å². The van der Waals surface area contributed by atoms with Crippen molar-refractivity contribution in [2.45, 2.75) is 37.1 Å². The largest absolute Gasteiger partial charge is 0.478 e. The summed E-state index contributed by atoms with van der Waals surface area (Å²) in [5, 5.41) is 22.5. The molecule has 4 heterocycles. The van der Waals surface area contributed by atoms with Crippen LogP contribution in [0, 0.1) is 35.7 Å². The molecule has 3 saturated heterocycles. The van der Waals surface area contributed by atoms with Gasteiger partial charge < -0.3 is 24.7 Å². The number of alkyl halides is 1. The van der Waals surface area contributed by atoms with Crippen LogP contribution in [0.25, 0.3) is 0 Å². The van der Waals surface area contributed by atoms with Crippen molar-refractivity contribution in [3.8, 4) is 12.3 Å². The lowest BCUT2D eigenvalue weighted by Gasteiger charge is -2.50. The number of amides is 1. The molecule has 2 aromatic carbocycles. The quantitative estimate of drug-likeness (QED) is 0.245. The highest BCUT2D eigenvalue weighted by Gasteiger charge is 2.49.